The molecule has 12 heavy (non-hydrogen) atoms. The Kier molecular flexibility index (Phi) is 7.81. The van der Waals surface area contributed by atoms with E-state index in [-0.39, 0.29) is 0 Å². The van der Waals surface area contributed by atoms with Crippen LogP contribution in [0, 0.1) is 0 Å². The van der Waals surface area contributed by atoms with Crippen LogP contribution in [-0.4, -0.2) is 20.3 Å². The van der Waals surface area contributed by atoms with Gasteiger partial charge in [-0.15, -0.1) is 0 Å². The molecule has 0 saturated carbocycles. The highest BCUT2D eigenvalue weighted by Gasteiger charge is 1.86. The number of allylic oxidation sites excluding steroid dienone is 4. The van der Waals surface area contributed by atoms with Crippen LogP contribution in [0.1, 0.15) is 20.3 Å². The lowest BCUT2D eigenvalue weighted by molar-refractivity contribution is 0.110. The molecule has 0 aromatic heterocycles. The number of ether oxygens (including phenoxy) is 2. The molecule has 0 aliphatic carbocycles. The summed E-state index contributed by atoms with van der Waals surface area (Å²) in [5.41, 5.74) is 0. The van der Waals surface area contributed by atoms with Gasteiger partial charge in [0.1, 0.15) is 6.61 Å². The molecule has 70 valence electrons. The van der Waals surface area contributed by atoms with E-state index in [1.807, 2.05) is 19.1 Å². The highest BCUT2D eigenvalue weighted by molar-refractivity contribution is 5.05. The van der Waals surface area contributed by atoms with Crippen molar-refractivity contribution in [1.29, 1.82) is 0 Å². The molecule has 2 heteroatoms. The monoisotopic (exact) mass is 170 g/mol. The summed E-state index contributed by atoms with van der Waals surface area (Å²) in [5.74, 6) is 0.928. The fourth-order valence-electron chi connectivity index (χ4n) is 0.674. The van der Waals surface area contributed by atoms with Gasteiger partial charge >= 0.3 is 0 Å². The quantitative estimate of drug-likeness (QED) is 0.346. The number of rotatable bonds is 6. The molecular weight excluding hydrogens is 152 g/mol. The van der Waals surface area contributed by atoms with Crippen LogP contribution >= 0.6 is 0 Å². The number of methoxy groups -OCH3 is 1. The van der Waals surface area contributed by atoms with Crippen LogP contribution in [0.25, 0.3) is 0 Å². The van der Waals surface area contributed by atoms with Gasteiger partial charge in [-0.2, -0.15) is 0 Å². The second-order valence-corrected chi connectivity index (χ2v) is 2.45. The predicted molar refractivity (Wildman–Crippen MR) is 51.0 cm³/mol. The van der Waals surface area contributed by atoms with E-state index >= 15 is 0 Å². The molecule has 0 fully saturated rings. The maximum absolute atomic E-state index is 5.31. The smallest absolute Gasteiger partial charge is 0.111 e. The topological polar surface area (TPSA) is 18.5 Å². The van der Waals surface area contributed by atoms with Gasteiger partial charge in [0.15, 0.2) is 0 Å². The van der Waals surface area contributed by atoms with Crippen LogP contribution in [0.3, 0.4) is 0 Å². The third-order valence-corrected chi connectivity index (χ3v) is 1.32. The van der Waals surface area contributed by atoms with Gasteiger partial charge < -0.3 is 9.47 Å². The van der Waals surface area contributed by atoms with Crippen molar-refractivity contribution in [1.82, 2.24) is 0 Å². The predicted octanol–water partition coefficient (Wildman–Crippen LogP) is 2.52. The maximum atomic E-state index is 5.31. The summed E-state index contributed by atoms with van der Waals surface area (Å²) in [7, 11) is 1.67. The van der Waals surface area contributed by atoms with Crippen LogP contribution in [0.15, 0.2) is 24.0 Å². The summed E-state index contributed by atoms with van der Waals surface area (Å²) in [5, 5.41) is 0. The fourth-order valence-corrected chi connectivity index (χ4v) is 0.674. The molecule has 0 heterocycles. The SMILES string of the molecule is CC/C=C\C=C(/C)OCCOC. The van der Waals surface area contributed by atoms with Crippen molar-refractivity contribution in [2.24, 2.45) is 0 Å². The van der Waals surface area contributed by atoms with Crippen molar-refractivity contribution in [2.45, 2.75) is 20.3 Å². The average molecular weight is 170 g/mol. The van der Waals surface area contributed by atoms with Gasteiger partial charge in [-0.05, 0) is 19.4 Å². The molecule has 0 saturated heterocycles. The summed E-state index contributed by atoms with van der Waals surface area (Å²) in [6.07, 6.45) is 7.10. The van der Waals surface area contributed by atoms with E-state index in [1.165, 1.54) is 0 Å². The van der Waals surface area contributed by atoms with E-state index in [1.54, 1.807) is 7.11 Å². The first-order valence-electron chi connectivity index (χ1n) is 4.26. The summed E-state index contributed by atoms with van der Waals surface area (Å²) < 4.78 is 10.2. The van der Waals surface area contributed by atoms with E-state index < -0.39 is 0 Å². The molecule has 2 nitrogen and oxygen atoms in total. The summed E-state index contributed by atoms with van der Waals surface area (Å²) in [6.45, 7) is 5.31. The zero-order chi connectivity index (χ0) is 9.23. The van der Waals surface area contributed by atoms with Crippen LogP contribution in [0.4, 0.5) is 0 Å². The van der Waals surface area contributed by atoms with E-state index in [0.29, 0.717) is 13.2 Å². The Morgan fingerprint density at radius 1 is 1.33 bits per heavy atom. The standard InChI is InChI=1S/C10H18O2/c1-4-5-6-7-10(2)12-9-8-11-3/h5-7H,4,8-9H2,1-3H3/b6-5-,10-7+. The molecule has 0 aliphatic heterocycles. The van der Waals surface area contributed by atoms with Crippen molar-refractivity contribution in [3.8, 4) is 0 Å². The Morgan fingerprint density at radius 2 is 2.08 bits per heavy atom. The Balaban J connectivity index is 3.48. The molecule has 0 rings (SSSR count). The van der Waals surface area contributed by atoms with Crippen LogP contribution in [0.2, 0.25) is 0 Å². The van der Waals surface area contributed by atoms with E-state index in [9.17, 15) is 0 Å². The number of hydrogen-bond acceptors (Lipinski definition) is 2. The molecule has 0 unspecified atom stereocenters. The van der Waals surface area contributed by atoms with Crippen molar-refractivity contribution >= 4 is 0 Å². The average Bonchev–Trinajstić information content (AvgIpc) is 2.06. The third kappa shape index (κ3) is 7.35. The molecule has 0 spiro atoms. The van der Waals surface area contributed by atoms with Gasteiger partial charge in [-0.1, -0.05) is 19.1 Å². The minimum absolute atomic E-state index is 0.624. The van der Waals surface area contributed by atoms with E-state index in [0.717, 1.165) is 12.2 Å². The lowest BCUT2D eigenvalue weighted by Gasteiger charge is -2.03. The third-order valence-electron chi connectivity index (χ3n) is 1.32. The second kappa shape index (κ2) is 8.34. The first-order valence-corrected chi connectivity index (χ1v) is 4.26. The minimum Gasteiger partial charge on any atom is -0.496 e. The molecule has 0 N–H and O–H groups in total. The summed E-state index contributed by atoms with van der Waals surface area (Å²) >= 11 is 0. The highest BCUT2D eigenvalue weighted by atomic mass is 16.5. The summed E-state index contributed by atoms with van der Waals surface area (Å²) in [4.78, 5) is 0. The molecule has 0 aromatic carbocycles. The summed E-state index contributed by atoms with van der Waals surface area (Å²) in [6, 6.07) is 0. The van der Waals surface area contributed by atoms with Gasteiger partial charge in [-0.25, -0.2) is 0 Å². The molecule has 0 atom stereocenters. The molecule has 0 aromatic rings. The van der Waals surface area contributed by atoms with Crippen LogP contribution in [0.5, 0.6) is 0 Å². The molecular formula is C10H18O2. The normalized spacial score (nSPS) is 12.4. The molecule has 0 aliphatic rings. The zero-order valence-corrected chi connectivity index (χ0v) is 8.17. The van der Waals surface area contributed by atoms with Gasteiger partial charge in [-0.3, -0.25) is 0 Å². The van der Waals surface area contributed by atoms with Crippen molar-refractivity contribution in [3.63, 3.8) is 0 Å². The minimum atomic E-state index is 0.624. The Hall–Kier alpha value is -0.760. The molecule has 0 amide bonds. The largest absolute Gasteiger partial charge is 0.496 e. The Bertz CT molecular complexity index is 148. The fraction of sp³-hybridized carbons (Fsp3) is 0.600. The van der Waals surface area contributed by atoms with Gasteiger partial charge in [0, 0.05) is 7.11 Å². The van der Waals surface area contributed by atoms with E-state index in [2.05, 4.69) is 13.0 Å². The first kappa shape index (κ1) is 11.2. The van der Waals surface area contributed by atoms with Crippen molar-refractivity contribution in [3.05, 3.63) is 24.0 Å². The maximum Gasteiger partial charge on any atom is 0.111 e. The van der Waals surface area contributed by atoms with Crippen molar-refractivity contribution in [2.75, 3.05) is 20.3 Å². The Morgan fingerprint density at radius 3 is 2.67 bits per heavy atom. The molecule has 0 bridgehead atoms. The highest BCUT2D eigenvalue weighted by Crippen LogP contribution is 1.95. The molecule has 0 radical (unpaired) electrons. The number of hydrogen-bond donors (Lipinski definition) is 0. The van der Waals surface area contributed by atoms with Gasteiger partial charge in [0.05, 0.1) is 12.4 Å². The van der Waals surface area contributed by atoms with Crippen LogP contribution < -0.4 is 0 Å². The lowest BCUT2D eigenvalue weighted by Crippen LogP contribution is -1.99. The van der Waals surface area contributed by atoms with Crippen molar-refractivity contribution < 1.29 is 9.47 Å². The second-order valence-electron chi connectivity index (χ2n) is 2.45. The van der Waals surface area contributed by atoms with Gasteiger partial charge in [0.2, 0.25) is 0 Å². The zero-order valence-electron chi connectivity index (χ0n) is 8.17. The van der Waals surface area contributed by atoms with E-state index in [4.69, 9.17) is 9.47 Å². The first-order chi connectivity index (χ1) is 5.81. The lowest BCUT2D eigenvalue weighted by atomic mass is 10.4. The van der Waals surface area contributed by atoms with Crippen LogP contribution in [-0.2, 0) is 9.47 Å². The van der Waals surface area contributed by atoms with Gasteiger partial charge in [0.25, 0.3) is 0 Å². The Labute approximate surface area is 74.9 Å².